The van der Waals surface area contributed by atoms with Gasteiger partial charge in [-0.2, -0.15) is 0 Å². The standard InChI is InChI=1S/C12H9BrN2O2/c1-7-4-10(15-11(13)5-7)9-6-8(12(16)17)2-3-14-9/h2-6H,1H3,(H,16,17). The molecule has 2 rings (SSSR count). The van der Waals surface area contributed by atoms with Crippen molar-refractivity contribution in [1.29, 1.82) is 0 Å². The zero-order chi connectivity index (χ0) is 12.4. The largest absolute Gasteiger partial charge is 0.478 e. The molecule has 0 saturated heterocycles. The fraction of sp³-hybridized carbons (Fsp3) is 0.0833. The Morgan fingerprint density at radius 2 is 2.06 bits per heavy atom. The molecule has 0 saturated carbocycles. The molecule has 4 nitrogen and oxygen atoms in total. The summed E-state index contributed by atoms with van der Waals surface area (Å²) in [6, 6.07) is 6.70. The molecule has 0 fully saturated rings. The summed E-state index contributed by atoms with van der Waals surface area (Å²) < 4.78 is 0.704. The summed E-state index contributed by atoms with van der Waals surface area (Å²) >= 11 is 3.30. The van der Waals surface area contributed by atoms with Gasteiger partial charge in [0.1, 0.15) is 4.60 Å². The van der Waals surface area contributed by atoms with Crippen molar-refractivity contribution in [1.82, 2.24) is 9.97 Å². The average Bonchev–Trinajstić information content (AvgIpc) is 2.28. The Morgan fingerprint density at radius 1 is 1.29 bits per heavy atom. The van der Waals surface area contributed by atoms with Gasteiger partial charge in [-0.1, -0.05) is 0 Å². The minimum atomic E-state index is -0.972. The van der Waals surface area contributed by atoms with Crippen molar-refractivity contribution >= 4 is 21.9 Å². The second-order valence-electron chi connectivity index (χ2n) is 3.59. The highest BCUT2D eigenvalue weighted by Crippen LogP contribution is 2.20. The van der Waals surface area contributed by atoms with Gasteiger partial charge in [0.05, 0.1) is 17.0 Å². The van der Waals surface area contributed by atoms with Crippen LogP contribution in [0.2, 0.25) is 0 Å². The van der Waals surface area contributed by atoms with Crippen LogP contribution in [0, 0.1) is 6.92 Å². The highest BCUT2D eigenvalue weighted by atomic mass is 79.9. The van der Waals surface area contributed by atoms with E-state index in [0.717, 1.165) is 5.56 Å². The monoisotopic (exact) mass is 292 g/mol. The molecule has 0 bridgehead atoms. The number of nitrogens with zero attached hydrogens (tertiary/aromatic N) is 2. The molecule has 0 radical (unpaired) electrons. The van der Waals surface area contributed by atoms with E-state index >= 15 is 0 Å². The number of halogens is 1. The second-order valence-corrected chi connectivity index (χ2v) is 4.40. The van der Waals surface area contributed by atoms with E-state index in [1.807, 2.05) is 19.1 Å². The number of carboxylic acid groups (broad SMARTS) is 1. The fourth-order valence-electron chi connectivity index (χ4n) is 1.46. The maximum Gasteiger partial charge on any atom is 0.335 e. The Kier molecular flexibility index (Phi) is 3.19. The highest BCUT2D eigenvalue weighted by Gasteiger charge is 2.07. The van der Waals surface area contributed by atoms with Gasteiger partial charge in [-0.3, -0.25) is 4.98 Å². The summed E-state index contributed by atoms with van der Waals surface area (Å²) in [5.41, 5.74) is 2.44. The summed E-state index contributed by atoms with van der Waals surface area (Å²) in [6.45, 7) is 1.94. The first-order valence-corrected chi connectivity index (χ1v) is 5.69. The van der Waals surface area contributed by atoms with Gasteiger partial charge in [0.15, 0.2) is 0 Å². The number of aryl methyl sites for hydroxylation is 1. The molecule has 0 spiro atoms. The number of aromatic carboxylic acids is 1. The average molecular weight is 293 g/mol. The van der Waals surface area contributed by atoms with E-state index < -0.39 is 5.97 Å². The molecule has 0 atom stereocenters. The Morgan fingerprint density at radius 3 is 2.71 bits per heavy atom. The summed E-state index contributed by atoms with van der Waals surface area (Å²) in [7, 11) is 0. The zero-order valence-electron chi connectivity index (χ0n) is 9.01. The quantitative estimate of drug-likeness (QED) is 0.865. The van der Waals surface area contributed by atoms with Crippen LogP contribution in [-0.2, 0) is 0 Å². The lowest BCUT2D eigenvalue weighted by Gasteiger charge is -2.03. The number of pyridine rings is 2. The molecule has 2 heterocycles. The third-order valence-electron chi connectivity index (χ3n) is 2.21. The van der Waals surface area contributed by atoms with Crippen LogP contribution in [0.1, 0.15) is 15.9 Å². The first kappa shape index (κ1) is 11.7. The SMILES string of the molecule is Cc1cc(Br)nc(-c2cc(C(=O)O)ccn2)c1. The Bertz CT molecular complexity index is 564. The van der Waals surface area contributed by atoms with Crippen molar-refractivity contribution in [3.8, 4) is 11.4 Å². The minimum Gasteiger partial charge on any atom is -0.478 e. The van der Waals surface area contributed by atoms with Crippen LogP contribution in [0.25, 0.3) is 11.4 Å². The van der Waals surface area contributed by atoms with Crippen molar-refractivity contribution in [2.24, 2.45) is 0 Å². The predicted octanol–water partition coefficient (Wildman–Crippen LogP) is 2.91. The van der Waals surface area contributed by atoms with Crippen molar-refractivity contribution in [2.75, 3.05) is 0 Å². The van der Waals surface area contributed by atoms with E-state index in [1.54, 1.807) is 0 Å². The molecule has 2 aromatic heterocycles. The molecule has 86 valence electrons. The second kappa shape index (κ2) is 4.63. The number of aromatic nitrogens is 2. The maximum atomic E-state index is 10.9. The molecule has 0 aliphatic heterocycles. The van der Waals surface area contributed by atoms with Crippen LogP contribution in [0.4, 0.5) is 0 Å². The van der Waals surface area contributed by atoms with Crippen LogP contribution in [0.5, 0.6) is 0 Å². The summed E-state index contributed by atoms with van der Waals surface area (Å²) in [5, 5.41) is 8.91. The van der Waals surface area contributed by atoms with Crippen molar-refractivity contribution in [2.45, 2.75) is 6.92 Å². The van der Waals surface area contributed by atoms with Gasteiger partial charge < -0.3 is 5.11 Å². The van der Waals surface area contributed by atoms with E-state index in [9.17, 15) is 4.79 Å². The van der Waals surface area contributed by atoms with Crippen LogP contribution >= 0.6 is 15.9 Å². The number of carbonyl (C=O) groups is 1. The van der Waals surface area contributed by atoms with Gasteiger partial charge in [0.25, 0.3) is 0 Å². The first-order chi connectivity index (χ1) is 8.06. The number of rotatable bonds is 2. The normalized spacial score (nSPS) is 10.2. The topological polar surface area (TPSA) is 63.1 Å². The van der Waals surface area contributed by atoms with E-state index in [2.05, 4.69) is 25.9 Å². The summed E-state index contributed by atoms with van der Waals surface area (Å²) in [5.74, 6) is -0.972. The fourth-order valence-corrected chi connectivity index (χ4v) is 2.01. The Hall–Kier alpha value is -1.75. The maximum absolute atomic E-state index is 10.9. The molecule has 0 unspecified atom stereocenters. The van der Waals surface area contributed by atoms with Crippen LogP contribution < -0.4 is 0 Å². The molecule has 0 aliphatic carbocycles. The van der Waals surface area contributed by atoms with Crippen LogP contribution in [0.3, 0.4) is 0 Å². The smallest absolute Gasteiger partial charge is 0.335 e. The zero-order valence-corrected chi connectivity index (χ0v) is 10.6. The molecular formula is C12H9BrN2O2. The Labute approximate surface area is 106 Å². The lowest BCUT2D eigenvalue weighted by molar-refractivity contribution is 0.0697. The molecule has 1 N–H and O–H groups in total. The van der Waals surface area contributed by atoms with Gasteiger partial charge in [-0.15, -0.1) is 0 Å². The van der Waals surface area contributed by atoms with Crippen molar-refractivity contribution in [3.63, 3.8) is 0 Å². The predicted molar refractivity (Wildman–Crippen MR) is 66.9 cm³/mol. The third-order valence-corrected chi connectivity index (χ3v) is 2.61. The highest BCUT2D eigenvalue weighted by molar-refractivity contribution is 9.10. The Balaban J connectivity index is 2.52. The summed E-state index contributed by atoms with van der Waals surface area (Å²) in [4.78, 5) is 19.3. The molecule has 0 aliphatic rings. The molecule has 17 heavy (non-hydrogen) atoms. The van der Waals surface area contributed by atoms with E-state index in [-0.39, 0.29) is 5.56 Å². The molecule has 0 aromatic carbocycles. The molecule has 0 amide bonds. The van der Waals surface area contributed by atoms with Gasteiger partial charge in [0, 0.05) is 6.20 Å². The molecule has 5 heteroatoms. The van der Waals surface area contributed by atoms with Gasteiger partial charge >= 0.3 is 5.97 Å². The first-order valence-electron chi connectivity index (χ1n) is 4.90. The van der Waals surface area contributed by atoms with Crippen LogP contribution in [0.15, 0.2) is 35.1 Å². The van der Waals surface area contributed by atoms with Crippen molar-refractivity contribution < 1.29 is 9.90 Å². The number of hydrogen-bond acceptors (Lipinski definition) is 3. The van der Waals surface area contributed by atoms with E-state index in [4.69, 9.17) is 5.11 Å². The minimum absolute atomic E-state index is 0.203. The third kappa shape index (κ3) is 2.68. The van der Waals surface area contributed by atoms with E-state index in [0.29, 0.717) is 16.0 Å². The lowest BCUT2D eigenvalue weighted by atomic mass is 10.1. The van der Waals surface area contributed by atoms with Gasteiger partial charge in [-0.25, -0.2) is 9.78 Å². The number of hydrogen-bond donors (Lipinski definition) is 1. The van der Waals surface area contributed by atoms with Crippen LogP contribution in [-0.4, -0.2) is 21.0 Å². The molecule has 2 aromatic rings. The lowest BCUT2D eigenvalue weighted by Crippen LogP contribution is -1.98. The summed E-state index contributed by atoms with van der Waals surface area (Å²) in [6.07, 6.45) is 1.47. The number of carboxylic acids is 1. The van der Waals surface area contributed by atoms with Gasteiger partial charge in [-0.05, 0) is 52.7 Å². The molecular weight excluding hydrogens is 284 g/mol. The van der Waals surface area contributed by atoms with Gasteiger partial charge in [0.2, 0.25) is 0 Å². The van der Waals surface area contributed by atoms with Crippen molar-refractivity contribution in [3.05, 3.63) is 46.2 Å². The van der Waals surface area contributed by atoms with E-state index in [1.165, 1.54) is 18.3 Å².